The molecule has 5 heteroatoms. The standard InChI is InChI=1S/C16H24N2O3/c1-11(2)8-14(16(20)21-4)17-10-15(19)18-13-7-5-6-12(3)9-13/h5-7,9,11,14,17H,8,10H2,1-4H3,(H,18,19). The van der Waals surface area contributed by atoms with E-state index in [0.29, 0.717) is 12.3 Å². The smallest absolute Gasteiger partial charge is 0.322 e. The highest BCUT2D eigenvalue weighted by molar-refractivity contribution is 5.92. The molecule has 0 spiro atoms. The number of amides is 1. The average molecular weight is 292 g/mol. The van der Waals surface area contributed by atoms with Crippen molar-refractivity contribution in [1.29, 1.82) is 0 Å². The molecule has 0 heterocycles. The lowest BCUT2D eigenvalue weighted by molar-refractivity contribution is -0.143. The van der Waals surface area contributed by atoms with Crippen LogP contribution in [0, 0.1) is 12.8 Å². The fourth-order valence-corrected chi connectivity index (χ4v) is 2.02. The fraction of sp³-hybridized carbons (Fsp3) is 0.500. The zero-order chi connectivity index (χ0) is 15.8. The van der Waals surface area contributed by atoms with Crippen molar-refractivity contribution in [2.75, 3.05) is 19.0 Å². The molecule has 1 amide bonds. The molecule has 1 unspecified atom stereocenters. The number of benzene rings is 1. The van der Waals surface area contributed by atoms with Gasteiger partial charge in [-0.2, -0.15) is 0 Å². The van der Waals surface area contributed by atoms with Crippen LogP contribution in [-0.4, -0.2) is 31.6 Å². The topological polar surface area (TPSA) is 67.4 Å². The van der Waals surface area contributed by atoms with Gasteiger partial charge in [0, 0.05) is 5.69 Å². The van der Waals surface area contributed by atoms with Gasteiger partial charge in [-0.1, -0.05) is 26.0 Å². The summed E-state index contributed by atoms with van der Waals surface area (Å²) >= 11 is 0. The molecule has 0 saturated carbocycles. The van der Waals surface area contributed by atoms with E-state index in [-0.39, 0.29) is 18.4 Å². The first-order chi connectivity index (χ1) is 9.92. The van der Waals surface area contributed by atoms with E-state index in [0.717, 1.165) is 11.3 Å². The Labute approximate surface area is 126 Å². The third-order valence-corrected chi connectivity index (χ3v) is 3.00. The highest BCUT2D eigenvalue weighted by Gasteiger charge is 2.20. The third kappa shape index (κ3) is 6.40. The van der Waals surface area contributed by atoms with Gasteiger partial charge < -0.3 is 10.1 Å². The number of methoxy groups -OCH3 is 1. The van der Waals surface area contributed by atoms with Crippen LogP contribution < -0.4 is 10.6 Å². The van der Waals surface area contributed by atoms with Crippen LogP contribution in [0.25, 0.3) is 0 Å². The number of aryl methyl sites for hydroxylation is 1. The van der Waals surface area contributed by atoms with E-state index < -0.39 is 6.04 Å². The molecule has 1 rings (SSSR count). The number of nitrogens with one attached hydrogen (secondary N) is 2. The zero-order valence-electron chi connectivity index (χ0n) is 13.1. The van der Waals surface area contributed by atoms with Gasteiger partial charge in [0.1, 0.15) is 6.04 Å². The minimum atomic E-state index is -0.460. The zero-order valence-corrected chi connectivity index (χ0v) is 13.1. The van der Waals surface area contributed by atoms with Crippen LogP contribution in [-0.2, 0) is 14.3 Å². The predicted molar refractivity (Wildman–Crippen MR) is 83.1 cm³/mol. The molecule has 116 valence electrons. The van der Waals surface area contributed by atoms with Gasteiger partial charge in [-0.3, -0.25) is 14.9 Å². The first-order valence-electron chi connectivity index (χ1n) is 7.10. The number of carbonyl (C=O) groups is 2. The van der Waals surface area contributed by atoms with E-state index in [4.69, 9.17) is 4.74 Å². The van der Waals surface area contributed by atoms with Crippen molar-refractivity contribution in [3.05, 3.63) is 29.8 Å². The van der Waals surface area contributed by atoms with Crippen LogP contribution in [0.3, 0.4) is 0 Å². The predicted octanol–water partition coefficient (Wildman–Crippen LogP) is 2.11. The van der Waals surface area contributed by atoms with Crippen LogP contribution >= 0.6 is 0 Å². The minimum absolute atomic E-state index is 0.0699. The second-order valence-electron chi connectivity index (χ2n) is 5.50. The van der Waals surface area contributed by atoms with Gasteiger partial charge in [-0.25, -0.2) is 0 Å². The number of carbonyl (C=O) groups excluding carboxylic acids is 2. The average Bonchev–Trinajstić information content (AvgIpc) is 2.42. The molecule has 0 aliphatic carbocycles. The SMILES string of the molecule is COC(=O)C(CC(C)C)NCC(=O)Nc1cccc(C)c1. The summed E-state index contributed by atoms with van der Waals surface area (Å²) in [6.07, 6.45) is 0.629. The Morgan fingerprint density at radius 3 is 2.57 bits per heavy atom. The largest absolute Gasteiger partial charge is 0.468 e. The van der Waals surface area contributed by atoms with Gasteiger partial charge in [0.25, 0.3) is 0 Å². The van der Waals surface area contributed by atoms with E-state index in [2.05, 4.69) is 10.6 Å². The van der Waals surface area contributed by atoms with Crippen molar-refractivity contribution >= 4 is 17.6 Å². The first-order valence-corrected chi connectivity index (χ1v) is 7.10. The normalized spacial score (nSPS) is 12.0. The summed E-state index contributed by atoms with van der Waals surface area (Å²) in [6, 6.07) is 7.11. The van der Waals surface area contributed by atoms with Crippen LogP contribution in [0.2, 0.25) is 0 Å². The van der Waals surface area contributed by atoms with Gasteiger partial charge in [-0.05, 0) is 37.0 Å². The Bertz CT molecular complexity index is 486. The quantitative estimate of drug-likeness (QED) is 0.755. The van der Waals surface area contributed by atoms with Gasteiger partial charge in [-0.15, -0.1) is 0 Å². The van der Waals surface area contributed by atoms with Crippen LogP contribution in [0.4, 0.5) is 5.69 Å². The van der Waals surface area contributed by atoms with E-state index in [9.17, 15) is 9.59 Å². The second kappa shape index (κ2) is 8.42. The highest BCUT2D eigenvalue weighted by atomic mass is 16.5. The first kappa shape index (κ1) is 17.2. The number of anilines is 1. The number of hydrogen-bond acceptors (Lipinski definition) is 4. The lowest BCUT2D eigenvalue weighted by Crippen LogP contribution is -2.42. The van der Waals surface area contributed by atoms with Gasteiger partial charge >= 0.3 is 5.97 Å². The molecule has 0 aliphatic rings. The van der Waals surface area contributed by atoms with Gasteiger partial charge in [0.15, 0.2) is 0 Å². The molecule has 0 aliphatic heterocycles. The monoisotopic (exact) mass is 292 g/mol. The summed E-state index contributed by atoms with van der Waals surface area (Å²) in [5, 5.41) is 5.74. The maximum Gasteiger partial charge on any atom is 0.322 e. The summed E-state index contributed by atoms with van der Waals surface area (Å²) in [7, 11) is 1.35. The molecule has 0 aromatic heterocycles. The Balaban J connectivity index is 2.51. The van der Waals surface area contributed by atoms with Crippen molar-refractivity contribution in [1.82, 2.24) is 5.32 Å². The number of ether oxygens (including phenoxy) is 1. The molecular weight excluding hydrogens is 268 g/mol. The summed E-state index contributed by atoms with van der Waals surface area (Å²) in [5.41, 5.74) is 1.83. The molecule has 2 N–H and O–H groups in total. The number of hydrogen-bond donors (Lipinski definition) is 2. The fourth-order valence-electron chi connectivity index (χ4n) is 2.02. The van der Waals surface area contributed by atoms with E-state index in [1.165, 1.54) is 7.11 Å². The maximum atomic E-state index is 11.9. The molecule has 5 nitrogen and oxygen atoms in total. The van der Waals surface area contributed by atoms with Gasteiger partial charge in [0.05, 0.1) is 13.7 Å². The molecule has 0 fully saturated rings. The highest BCUT2D eigenvalue weighted by Crippen LogP contribution is 2.09. The van der Waals surface area contributed by atoms with Crippen molar-refractivity contribution < 1.29 is 14.3 Å². The lowest BCUT2D eigenvalue weighted by atomic mass is 10.0. The number of rotatable bonds is 7. The maximum absolute atomic E-state index is 11.9. The Hall–Kier alpha value is -1.88. The van der Waals surface area contributed by atoms with E-state index in [1.54, 1.807) is 0 Å². The van der Waals surface area contributed by atoms with E-state index in [1.807, 2.05) is 45.0 Å². The van der Waals surface area contributed by atoms with Crippen LogP contribution in [0.5, 0.6) is 0 Å². The Morgan fingerprint density at radius 1 is 1.29 bits per heavy atom. The Morgan fingerprint density at radius 2 is 2.00 bits per heavy atom. The molecule has 1 aromatic rings. The second-order valence-corrected chi connectivity index (χ2v) is 5.50. The molecule has 1 atom stereocenters. The van der Waals surface area contributed by atoms with Crippen LogP contribution in [0.1, 0.15) is 25.8 Å². The third-order valence-electron chi connectivity index (χ3n) is 3.00. The summed E-state index contributed by atoms with van der Waals surface area (Å²) in [4.78, 5) is 23.5. The van der Waals surface area contributed by atoms with Crippen molar-refractivity contribution in [2.45, 2.75) is 33.2 Å². The summed E-state index contributed by atoms with van der Waals surface area (Å²) in [6.45, 7) is 6.07. The van der Waals surface area contributed by atoms with Crippen molar-refractivity contribution in [2.24, 2.45) is 5.92 Å². The van der Waals surface area contributed by atoms with Gasteiger partial charge in [0.2, 0.25) is 5.91 Å². The van der Waals surface area contributed by atoms with Crippen molar-refractivity contribution in [3.8, 4) is 0 Å². The molecule has 0 radical (unpaired) electrons. The summed E-state index contributed by atoms with van der Waals surface area (Å²) < 4.78 is 4.75. The molecule has 0 bridgehead atoms. The molecule has 1 aromatic carbocycles. The lowest BCUT2D eigenvalue weighted by Gasteiger charge is -2.18. The minimum Gasteiger partial charge on any atom is -0.468 e. The molecular formula is C16H24N2O3. The molecule has 0 saturated heterocycles. The number of esters is 1. The molecule has 21 heavy (non-hydrogen) atoms. The van der Waals surface area contributed by atoms with Crippen LogP contribution in [0.15, 0.2) is 24.3 Å². The van der Waals surface area contributed by atoms with Crippen molar-refractivity contribution in [3.63, 3.8) is 0 Å². The van der Waals surface area contributed by atoms with E-state index >= 15 is 0 Å². The Kier molecular flexibility index (Phi) is 6.88. The summed E-state index contributed by atoms with van der Waals surface area (Å²) in [5.74, 6) is -0.188.